The third-order valence-electron chi connectivity index (χ3n) is 4.91. The normalized spacial score (nSPS) is 16.1. The molecular formula is C21H22N2O7S. The molecule has 164 valence electrons. The summed E-state index contributed by atoms with van der Waals surface area (Å²) in [6, 6.07) is 8.29. The Morgan fingerprint density at radius 1 is 1.13 bits per heavy atom. The van der Waals surface area contributed by atoms with E-state index in [0.29, 0.717) is 16.1 Å². The molecule has 0 bridgehead atoms. The molecule has 1 aromatic carbocycles. The second-order valence-electron chi connectivity index (χ2n) is 6.66. The van der Waals surface area contributed by atoms with E-state index < -0.39 is 30.1 Å². The molecule has 1 aliphatic rings. The van der Waals surface area contributed by atoms with Crippen molar-refractivity contribution in [2.75, 3.05) is 32.8 Å². The Balaban J connectivity index is 1.89. The molecule has 2 aromatic rings. The molecule has 3 rings (SSSR count). The first kappa shape index (κ1) is 22.6. The minimum absolute atomic E-state index is 0.0253. The number of benzene rings is 1. The molecule has 1 unspecified atom stereocenters. The number of amides is 3. The third kappa shape index (κ3) is 4.66. The van der Waals surface area contributed by atoms with Gasteiger partial charge in [0.25, 0.3) is 11.8 Å². The zero-order valence-corrected chi connectivity index (χ0v) is 18.1. The molecule has 1 atom stereocenters. The second kappa shape index (κ2) is 9.82. The summed E-state index contributed by atoms with van der Waals surface area (Å²) < 4.78 is 15.1. The van der Waals surface area contributed by atoms with Gasteiger partial charge in [0.05, 0.1) is 36.2 Å². The van der Waals surface area contributed by atoms with Crippen molar-refractivity contribution in [3.8, 4) is 0 Å². The maximum absolute atomic E-state index is 13.2. The van der Waals surface area contributed by atoms with Crippen LogP contribution in [0.3, 0.4) is 0 Å². The van der Waals surface area contributed by atoms with Gasteiger partial charge in [0.15, 0.2) is 6.29 Å². The molecule has 1 saturated heterocycles. The van der Waals surface area contributed by atoms with Crippen molar-refractivity contribution in [3.05, 3.63) is 52.2 Å². The van der Waals surface area contributed by atoms with Gasteiger partial charge in [-0.25, -0.2) is 9.69 Å². The summed E-state index contributed by atoms with van der Waals surface area (Å²) in [6.45, 7) is -0.0253. The van der Waals surface area contributed by atoms with Crippen molar-refractivity contribution in [1.82, 2.24) is 4.90 Å². The number of ether oxygens (including phenoxy) is 3. The van der Waals surface area contributed by atoms with Gasteiger partial charge < -0.3 is 19.1 Å². The van der Waals surface area contributed by atoms with Crippen LogP contribution in [0.25, 0.3) is 0 Å². The molecule has 2 heterocycles. The highest BCUT2D eigenvalue weighted by molar-refractivity contribution is 7.12. The topological polar surface area (TPSA) is 102 Å². The van der Waals surface area contributed by atoms with E-state index in [9.17, 15) is 19.2 Å². The number of nitrogens with zero attached hydrogens (tertiary/aromatic N) is 2. The van der Waals surface area contributed by atoms with Crippen LogP contribution in [-0.4, -0.2) is 68.8 Å². The van der Waals surface area contributed by atoms with Crippen molar-refractivity contribution < 1.29 is 33.4 Å². The van der Waals surface area contributed by atoms with Gasteiger partial charge in [-0.05, 0) is 35.7 Å². The van der Waals surface area contributed by atoms with Gasteiger partial charge in [-0.3, -0.25) is 14.4 Å². The molecule has 1 fully saturated rings. The van der Waals surface area contributed by atoms with E-state index in [4.69, 9.17) is 9.47 Å². The van der Waals surface area contributed by atoms with E-state index in [2.05, 4.69) is 4.74 Å². The number of anilines is 1. The lowest BCUT2D eigenvalue weighted by molar-refractivity contribution is -0.128. The van der Waals surface area contributed by atoms with E-state index in [1.165, 1.54) is 61.8 Å². The fraction of sp³-hybridized carbons (Fsp3) is 0.333. The molecule has 10 heteroatoms. The average molecular weight is 446 g/mol. The number of esters is 1. The van der Waals surface area contributed by atoms with Crippen molar-refractivity contribution in [1.29, 1.82) is 0 Å². The summed E-state index contributed by atoms with van der Waals surface area (Å²) in [6.07, 6.45) is -0.935. The second-order valence-corrected chi connectivity index (χ2v) is 7.61. The smallest absolute Gasteiger partial charge is 0.337 e. The lowest BCUT2D eigenvalue weighted by Crippen LogP contribution is -2.49. The molecule has 0 aliphatic carbocycles. The number of thiophene rings is 1. The number of hydrogen-bond acceptors (Lipinski definition) is 8. The van der Waals surface area contributed by atoms with Crippen molar-refractivity contribution in [3.63, 3.8) is 0 Å². The van der Waals surface area contributed by atoms with Gasteiger partial charge >= 0.3 is 5.97 Å². The van der Waals surface area contributed by atoms with Crippen LogP contribution < -0.4 is 4.90 Å². The largest absolute Gasteiger partial charge is 0.465 e. The maximum atomic E-state index is 13.2. The average Bonchev–Trinajstić information content (AvgIpc) is 3.42. The van der Waals surface area contributed by atoms with E-state index in [1.807, 2.05) is 0 Å². The van der Waals surface area contributed by atoms with Crippen LogP contribution in [0.5, 0.6) is 0 Å². The van der Waals surface area contributed by atoms with Gasteiger partial charge in [0.1, 0.15) is 6.04 Å². The van der Waals surface area contributed by atoms with Crippen molar-refractivity contribution >= 4 is 40.7 Å². The molecular weight excluding hydrogens is 424 g/mol. The lowest BCUT2D eigenvalue weighted by atomic mass is 10.2. The molecule has 0 N–H and O–H groups in total. The fourth-order valence-electron chi connectivity index (χ4n) is 3.29. The fourth-order valence-corrected chi connectivity index (χ4v) is 3.97. The van der Waals surface area contributed by atoms with Crippen LogP contribution in [0.4, 0.5) is 5.69 Å². The number of carbonyl (C=O) groups excluding carboxylic acids is 4. The third-order valence-corrected chi connectivity index (χ3v) is 5.77. The lowest BCUT2D eigenvalue weighted by Gasteiger charge is -2.29. The number of rotatable bonds is 8. The van der Waals surface area contributed by atoms with Gasteiger partial charge in [0.2, 0.25) is 5.91 Å². The Kier molecular flexibility index (Phi) is 7.16. The van der Waals surface area contributed by atoms with Crippen LogP contribution in [0.2, 0.25) is 0 Å². The molecule has 31 heavy (non-hydrogen) atoms. The number of imide groups is 1. The van der Waals surface area contributed by atoms with Crippen LogP contribution in [-0.2, 0) is 23.8 Å². The Morgan fingerprint density at radius 2 is 1.81 bits per heavy atom. The zero-order chi connectivity index (χ0) is 22.5. The molecule has 0 saturated carbocycles. The highest BCUT2D eigenvalue weighted by atomic mass is 32.1. The predicted molar refractivity (Wildman–Crippen MR) is 112 cm³/mol. The van der Waals surface area contributed by atoms with Crippen LogP contribution in [0.1, 0.15) is 26.5 Å². The van der Waals surface area contributed by atoms with E-state index in [1.54, 1.807) is 17.5 Å². The Bertz CT molecular complexity index is 955. The summed E-state index contributed by atoms with van der Waals surface area (Å²) in [5, 5.41) is 1.76. The van der Waals surface area contributed by atoms with Gasteiger partial charge in [-0.1, -0.05) is 6.07 Å². The molecule has 3 amide bonds. The Morgan fingerprint density at radius 3 is 2.35 bits per heavy atom. The first-order valence-electron chi connectivity index (χ1n) is 9.36. The molecule has 1 aliphatic heterocycles. The summed E-state index contributed by atoms with van der Waals surface area (Å²) in [5.74, 6) is -1.90. The van der Waals surface area contributed by atoms with Crippen LogP contribution in [0, 0.1) is 0 Å². The standard InChI is InChI=1S/C21H22N2O7S/c1-28-18(29-2)12-22(20(26)16-5-4-10-31-16)15-11-17(24)23(19(15)25)14-8-6-13(7-9-14)21(27)30-3/h4-10,15,18H,11-12H2,1-3H3. The summed E-state index contributed by atoms with van der Waals surface area (Å²) in [7, 11) is 4.12. The first-order valence-corrected chi connectivity index (χ1v) is 10.2. The Hall–Kier alpha value is -3.08. The number of hydrogen-bond donors (Lipinski definition) is 0. The highest BCUT2D eigenvalue weighted by Crippen LogP contribution is 2.28. The summed E-state index contributed by atoms with van der Waals surface area (Å²) in [5.41, 5.74) is 0.600. The van der Waals surface area contributed by atoms with Crippen LogP contribution >= 0.6 is 11.3 Å². The zero-order valence-electron chi connectivity index (χ0n) is 17.3. The Labute approximate surface area is 183 Å². The van der Waals surface area contributed by atoms with Crippen molar-refractivity contribution in [2.24, 2.45) is 0 Å². The minimum Gasteiger partial charge on any atom is -0.465 e. The quantitative estimate of drug-likeness (QED) is 0.347. The molecule has 9 nitrogen and oxygen atoms in total. The SMILES string of the molecule is COC(=O)c1ccc(N2C(=O)CC(N(CC(OC)OC)C(=O)c3cccs3)C2=O)cc1. The number of carbonyl (C=O) groups is 4. The van der Waals surface area contributed by atoms with Gasteiger partial charge in [0, 0.05) is 14.2 Å². The first-order chi connectivity index (χ1) is 14.9. The summed E-state index contributed by atoms with van der Waals surface area (Å²) >= 11 is 1.24. The van der Waals surface area contributed by atoms with Gasteiger partial charge in [-0.15, -0.1) is 11.3 Å². The minimum atomic E-state index is -1.00. The molecule has 0 spiro atoms. The highest BCUT2D eigenvalue weighted by Gasteiger charge is 2.45. The predicted octanol–water partition coefficient (Wildman–Crippen LogP) is 1.93. The molecule has 0 radical (unpaired) electrons. The summed E-state index contributed by atoms with van der Waals surface area (Å²) in [4.78, 5) is 53.4. The van der Waals surface area contributed by atoms with E-state index in [-0.39, 0.29) is 18.9 Å². The van der Waals surface area contributed by atoms with E-state index >= 15 is 0 Å². The molecule has 1 aromatic heterocycles. The maximum Gasteiger partial charge on any atom is 0.337 e. The number of methoxy groups -OCH3 is 3. The van der Waals surface area contributed by atoms with E-state index in [0.717, 1.165) is 4.90 Å². The van der Waals surface area contributed by atoms with Gasteiger partial charge in [-0.2, -0.15) is 0 Å². The monoisotopic (exact) mass is 446 g/mol. The van der Waals surface area contributed by atoms with Crippen LogP contribution in [0.15, 0.2) is 41.8 Å². The van der Waals surface area contributed by atoms with Crippen molar-refractivity contribution in [2.45, 2.75) is 18.8 Å².